The van der Waals surface area contributed by atoms with Gasteiger partial charge in [0.1, 0.15) is 5.69 Å². The van der Waals surface area contributed by atoms with E-state index in [1.54, 1.807) is 11.8 Å². The number of aryl methyl sites for hydroxylation is 2. The van der Waals surface area contributed by atoms with Gasteiger partial charge in [0, 0.05) is 13.1 Å². The van der Waals surface area contributed by atoms with E-state index in [0.717, 1.165) is 0 Å². The summed E-state index contributed by atoms with van der Waals surface area (Å²) in [6.45, 7) is 4.55. The van der Waals surface area contributed by atoms with Gasteiger partial charge in [0.15, 0.2) is 6.10 Å². The minimum absolute atomic E-state index is 0.0707. The second-order valence-corrected chi connectivity index (χ2v) is 4.47. The summed E-state index contributed by atoms with van der Waals surface area (Å²) in [4.78, 5) is 23.4. The molecule has 110 valence electrons. The Kier molecular flexibility index (Phi) is 3.89. The summed E-state index contributed by atoms with van der Waals surface area (Å²) in [7, 11) is 0. The molecule has 0 radical (unpaired) electrons. The van der Waals surface area contributed by atoms with E-state index in [9.17, 15) is 14.9 Å². The lowest BCUT2D eigenvalue weighted by Gasteiger charge is -2.31. The predicted molar refractivity (Wildman–Crippen MR) is 68.9 cm³/mol. The molecule has 9 heteroatoms. The molecule has 0 amide bonds. The third kappa shape index (κ3) is 2.44. The average Bonchev–Trinajstić information content (AvgIpc) is 2.75. The first-order valence-corrected chi connectivity index (χ1v) is 6.26. The van der Waals surface area contributed by atoms with Gasteiger partial charge in [-0.2, -0.15) is 5.10 Å². The van der Waals surface area contributed by atoms with E-state index < -0.39 is 17.0 Å². The quantitative estimate of drug-likeness (QED) is 0.629. The molecule has 0 saturated carbocycles. The molecule has 1 N–H and O–H groups in total. The SMILES string of the molecule is CCn1nc(C)c([N+](=O)[O-])c1N1CCOC(C(=O)O)C1. The minimum Gasteiger partial charge on any atom is -0.479 e. The lowest BCUT2D eigenvalue weighted by atomic mass is 10.2. The summed E-state index contributed by atoms with van der Waals surface area (Å²) in [5.74, 6) is -0.721. The van der Waals surface area contributed by atoms with Gasteiger partial charge in [-0.05, 0) is 13.8 Å². The van der Waals surface area contributed by atoms with Crippen molar-refractivity contribution in [2.24, 2.45) is 0 Å². The fourth-order valence-electron chi connectivity index (χ4n) is 2.30. The van der Waals surface area contributed by atoms with Gasteiger partial charge in [-0.25, -0.2) is 9.48 Å². The largest absolute Gasteiger partial charge is 0.479 e. The lowest BCUT2D eigenvalue weighted by Crippen LogP contribution is -2.47. The molecular weight excluding hydrogens is 268 g/mol. The van der Waals surface area contributed by atoms with E-state index in [0.29, 0.717) is 24.6 Å². The van der Waals surface area contributed by atoms with Crippen LogP contribution in [0.25, 0.3) is 0 Å². The van der Waals surface area contributed by atoms with Crippen LogP contribution >= 0.6 is 0 Å². The Balaban J connectivity index is 2.40. The van der Waals surface area contributed by atoms with E-state index in [1.165, 1.54) is 4.68 Å². The van der Waals surface area contributed by atoms with Crippen LogP contribution < -0.4 is 4.90 Å². The topological polar surface area (TPSA) is 111 Å². The van der Waals surface area contributed by atoms with E-state index in [-0.39, 0.29) is 18.8 Å². The van der Waals surface area contributed by atoms with Crippen molar-refractivity contribution in [2.75, 3.05) is 24.6 Å². The minimum atomic E-state index is -1.07. The van der Waals surface area contributed by atoms with Crippen LogP contribution in [-0.4, -0.2) is 51.6 Å². The maximum Gasteiger partial charge on any atom is 0.334 e. The number of hydrogen-bond acceptors (Lipinski definition) is 6. The van der Waals surface area contributed by atoms with E-state index >= 15 is 0 Å². The molecule has 9 nitrogen and oxygen atoms in total. The van der Waals surface area contributed by atoms with Gasteiger partial charge in [0.05, 0.1) is 18.1 Å². The van der Waals surface area contributed by atoms with E-state index in [1.807, 2.05) is 6.92 Å². The van der Waals surface area contributed by atoms with Gasteiger partial charge in [-0.15, -0.1) is 0 Å². The molecule has 0 aliphatic carbocycles. The average molecular weight is 284 g/mol. The number of carboxylic acid groups (broad SMARTS) is 1. The first-order valence-electron chi connectivity index (χ1n) is 6.26. The van der Waals surface area contributed by atoms with Crippen molar-refractivity contribution in [2.45, 2.75) is 26.5 Å². The lowest BCUT2D eigenvalue weighted by molar-refractivity contribution is -0.384. The fraction of sp³-hybridized carbons (Fsp3) is 0.636. The monoisotopic (exact) mass is 284 g/mol. The number of carbonyl (C=O) groups is 1. The number of rotatable bonds is 4. The maximum absolute atomic E-state index is 11.2. The number of morpholine rings is 1. The van der Waals surface area contributed by atoms with Gasteiger partial charge in [0.25, 0.3) is 0 Å². The number of nitrogens with zero attached hydrogens (tertiary/aromatic N) is 4. The highest BCUT2D eigenvalue weighted by atomic mass is 16.6. The molecule has 1 aliphatic rings. The number of aliphatic carboxylic acids is 1. The molecule has 2 heterocycles. The third-order valence-electron chi connectivity index (χ3n) is 3.19. The van der Waals surface area contributed by atoms with Crippen molar-refractivity contribution in [3.8, 4) is 0 Å². The van der Waals surface area contributed by atoms with Gasteiger partial charge < -0.3 is 14.7 Å². The summed E-state index contributed by atoms with van der Waals surface area (Å²) in [5, 5.41) is 24.4. The van der Waals surface area contributed by atoms with Crippen LogP contribution in [0.3, 0.4) is 0 Å². The molecule has 1 atom stereocenters. The Morgan fingerprint density at radius 2 is 2.35 bits per heavy atom. The number of aromatic nitrogens is 2. The van der Waals surface area contributed by atoms with Crippen LogP contribution in [0.5, 0.6) is 0 Å². The van der Waals surface area contributed by atoms with Gasteiger partial charge >= 0.3 is 11.7 Å². The second-order valence-electron chi connectivity index (χ2n) is 4.47. The highest BCUT2D eigenvalue weighted by molar-refractivity contribution is 5.74. The van der Waals surface area contributed by atoms with Crippen molar-refractivity contribution >= 4 is 17.5 Å². The normalized spacial score (nSPS) is 19.1. The van der Waals surface area contributed by atoms with Crippen molar-refractivity contribution in [1.82, 2.24) is 9.78 Å². The number of nitro groups is 1. The summed E-state index contributed by atoms with van der Waals surface area (Å²) in [6.07, 6.45) is -0.983. The van der Waals surface area contributed by atoms with Gasteiger partial charge in [-0.3, -0.25) is 10.1 Å². The summed E-state index contributed by atoms with van der Waals surface area (Å²) in [5.41, 5.74) is 0.253. The molecule has 1 aromatic rings. The smallest absolute Gasteiger partial charge is 0.334 e. The zero-order chi connectivity index (χ0) is 14.9. The maximum atomic E-state index is 11.2. The summed E-state index contributed by atoms with van der Waals surface area (Å²) in [6, 6.07) is 0. The Morgan fingerprint density at radius 1 is 1.65 bits per heavy atom. The molecule has 1 aromatic heterocycles. The van der Waals surface area contributed by atoms with Crippen LogP contribution in [0.4, 0.5) is 11.5 Å². The van der Waals surface area contributed by atoms with Crippen molar-refractivity contribution in [3.05, 3.63) is 15.8 Å². The van der Waals surface area contributed by atoms with E-state index in [4.69, 9.17) is 9.84 Å². The first kappa shape index (κ1) is 14.3. The molecule has 1 aliphatic heterocycles. The highest BCUT2D eigenvalue weighted by Gasteiger charge is 2.34. The molecule has 2 rings (SSSR count). The fourth-order valence-corrected chi connectivity index (χ4v) is 2.30. The van der Waals surface area contributed by atoms with Crippen LogP contribution in [-0.2, 0) is 16.1 Å². The zero-order valence-electron chi connectivity index (χ0n) is 11.3. The molecule has 1 unspecified atom stereocenters. The zero-order valence-corrected chi connectivity index (χ0v) is 11.3. The van der Waals surface area contributed by atoms with Crippen LogP contribution in [0.15, 0.2) is 0 Å². The van der Waals surface area contributed by atoms with Gasteiger partial charge in [-0.1, -0.05) is 0 Å². The van der Waals surface area contributed by atoms with E-state index in [2.05, 4.69) is 5.10 Å². The molecular formula is C11H16N4O5. The Bertz CT molecular complexity index is 541. The molecule has 0 bridgehead atoms. The van der Waals surface area contributed by atoms with Crippen LogP contribution in [0.2, 0.25) is 0 Å². The molecule has 1 fully saturated rings. The second kappa shape index (κ2) is 5.45. The van der Waals surface area contributed by atoms with Crippen molar-refractivity contribution < 1.29 is 19.6 Å². The predicted octanol–water partition coefficient (Wildman–Crippen LogP) is 0.409. The molecule has 1 saturated heterocycles. The van der Waals surface area contributed by atoms with Crippen molar-refractivity contribution in [3.63, 3.8) is 0 Å². The number of ether oxygens (including phenoxy) is 1. The van der Waals surface area contributed by atoms with Crippen LogP contribution in [0, 0.1) is 17.0 Å². The number of hydrogen-bond donors (Lipinski definition) is 1. The summed E-state index contributed by atoms with van der Waals surface area (Å²) < 4.78 is 6.66. The Labute approximate surface area is 114 Å². The van der Waals surface area contributed by atoms with Gasteiger partial charge in [0.2, 0.25) is 5.82 Å². The molecule has 20 heavy (non-hydrogen) atoms. The number of anilines is 1. The first-order chi connectivity index (χ1) is 9.45. The Morgan fingerprint density at radius 3 is 2.90 bits per heavy atom. The van der Waals surface area contributed by atoms with Crippen LogP contribution in [0.1, 0.15) is 12.6 Å². The summed E-state index contributed by atoms with van der Waals surface area (Å²) >= 11 is 0. The standard InChI is InChI=1S/C11H16N4O5/c1-3-14-10(9(15(18)19)7(2)12-14)13-4-5-20-8(6-13)11(16)17/h8H,3-6H2,1-2H3,(H,16,17). The third-order valence-corrected chi connectivity index (χ3v) is 3.19. The Hall–Kier alpha value is -2.16. The number of carboxylic acids is 1. The highest BCUT2D eigenvalue weighted by Crippen LogP contribution is 2.32. The molecule has 0 aromatic carbocycles. The van der Waals surface area contributed by atoms with Crippen molar-refractivity contribution in [1.29, 1.82) is 0 Å². The molecule has 0 spiro atoms.